The normalized spacial score (nSPS) is 12.9. The summed E-state index contributed by atoms with van der Waals surface area (Å²) in [5.41, 5.74) is 0.949. The van der Waals surface area contributed by atoms with Gasteiger partial charge in [0, 0.05) is 12.1 Å². The maximum atomic E-state index is 12.3. The second-order valence-corrected chi connectivity index (χ2v) is 6.54. The molecule has 0 radical (unpaired) electrons. The van der Waals surface area contributed by atoms with E-state index in [2.05, 4.69) is 4.40 Å². The molecule has 2 aromatic rings. The van der Waals surface area contributed by atoms with Gasteiger partial charge in [0.25, 0.3) is 15.7 Å². The smallest absolute Gasteiger partial charge is 0.282 e. The van der Waals surface area contributed by atoms with Gasteiger partial charge in [0.1, 0.15) is 12.2 Å². The number of allylic oxidation sites excluding steroid dienone is 1. The monoisotopic (exact) mass is 346 g/mol. The zero-order valence-electron chi connectivity index (χ0n) is 13.4. The molecule has 0 atom stereocenters. The number of ether oxygens (including phenoxy) is 1. The topological polar surface area (TPSA) is 82.7 Å². The molecule has 0 saturated carbocycles. The van der Waals surface area contributed by atoms with E-state index in [1.54, 1.807) is 49.6 Å². The average Bonchev–Trinajstić information content (AvgIpc) is 2.56. The lowest BCUT2D eigenvalue weighted by molar-refractivity contribution is -0.583. The third-order valence-electron chi connectivity index (χ3n) is 3.11. The summed E-state index contributed by atoms with van der Waals surface area (Å²) < 4.78 is 34.6. The number of aromatic nitrogens is 1. The SMILES string of the molecule is CCO/C([O-])=C(\C=N\S(=O)(=O)c1ccc(C)cc1)[n+]1ccccc1. The molecule has 0 bridgehead atoms. The van der Waals surface area contributed by atoms with Crippen molar-refractivity contribution in [3.8, 4) is 0 Å². The lowest BCUT2D eigenvalue weighted by Crippen LogP contribution is -2.36. The first-order valence-electron chi connectivity index (χ1n) is 7.32. The van der Waals surface area contributed by atoms with Gasteiger partial charge in [-0.1, -0.05) is 30.7 Å². The van der Waals surface area contributed by atoms with E-state index in [4.69, 9.17) is 4.74 Å². The highest BCUT2D eigenvalue weighted by atomic mass is 32.2. The zero-order valence-corrected chi connectivity index (χ0v) is 14.2. The van der Waals surface area contributed by atoms with Gasteiger partial charge in [0.05, 0.1) is 4.90 Å². The Morgan fingerprint density at radius 1 is 1.21 bits per heavy atom. The summed E-state index contributed by atoms with van der Waals surface area (Å²) in [6, 6.07) is 11.5. The number of pyridine rings is 1. The fourth-order valence-corrected chi connectivity index (χ4v) is 2.72. The fraction of sp³-hybridized carbons (Fsp3) is 0.176. The zero-order chi connectivity index (χ0) is 17.6. The Morgan fingerprint density at radius 2 is 1.83 bits per heavy atom. The summed E-state index contributed by atoms with van der Waals surface area (Å²) in [5, 5.41) is 12.1. The quantitative estimate of drug-likeness (QED) is 0.448. The number of hydrogen-bond donors (Lipinski definition) is 0. The van der Waals surface area contributed by atoms with E-state index >= 15 is 0 Å². The van der Waals surface area contributed by atoms with Gasteiger partial charge in [0.15, 0.2) is 12.4 Å². The average molecular weight is 346 g/mol. The van der Waals surface area contributed by atoms with Crippen molar-refractivity contribution < 1.29 is 22.8 Å². The lowest BCUT2D eigenvalue weighted by atomic mass is 10.2. The Kier molecular flexibility index (Phi) is 5.70. The predicted molar refractivity (Wildman–Crippen MR) is 88.3 cm³/mol. The minimum atomic E-state index is -3.90. The third kappa shape index (κ3) is 4.42. The van der Waals surface area contributed by atoms with Crippen molar-refractivity contribution in [3.63, 3.8) is 0 Å². The molecule has 0 spiro atoms. The molecule has 6 nitrogen and oxygen atoms in total. The van der Waals surface area contributed by atoms with Crippen LogP contribution < -0.4 is 9.67 Å². The van der Waals surface area contributed by atoms with Crippen LogP contribution in [0.15, 0.2) is 70.1 Å². The van der Waals surface area contributed by atoms with Gasteiger partial charge < -0.3 is 9.84 Å². The van der Waals surface area contributed by atoms with Crippen molar-refractivity contribution in [2.75, 3.05) is 6.61 Å². The van der Waals surface area contributed by atoms with Crippen LogP contribution in [0.1, 0.15) is 12.5 Å². The molecule has 24 heavy (non-hydrogen) atoms. The molecule has 0 amide bonds. The Hall–Kier alpha value is -2.67. The van der Waals surface area contributed by atoms with Crippen molar-refractivity contribution in [2.45, 2.75) is 18.7 Å². The van der Waals surface area contributed by atoms with Crippen LogP contribution in [0, 0.1) is 6.92 Å². The standard InChI is InChI=1S/C17H18N2O4S/c1-3-23-17(20)16(19-11-5-4-6-12-19)13-18-24(21,22)15-9-7-14(2)8-10-15/h4-13H,3H2,1-2H3. The van der Waals surface area contributed by atoms with E-state index in [9.17, 15) is 13.5 Å². The molecular formula is C17H18N2O4S. The Balaban J connectivity index is 2.41. The van der Waals surface area contributed by atoms with Gasteiger partial charge in [0.2, 0.25) is 0 Å². The van der Waals surface area contributed by atoms with Crippen LogP contribution >= 0.6 is 0 Å². The Labute approximate surface area is 141 Å². The highest BCUT2D eigenvalue weighted by Crippen LogP contribution is 2.13. The summed E-state index contributed by atoms with van der Waals surface area (Å²) in [4.78, 5) is 0.0608. The second-order valence-electron chi connectivity index (χ2n) is 4.91. The lowest BCUT2D eigenvalue weighted by Gasteiger charge is -2.12. The summed E-state index contributed by atoms with van der Waals surface area (Å²) in [5.74, 6) is -0.656. The van der Waals surface area contributed by atoms with Crippen molar-refractivity contribution in [1.82, 2.24) is 0 Å². The number of hydrogen-bond acceptors (Lipinski definition) is 4. The highest BCUT2D eigenvalue weighted by Gasteiger charge is 2.15. The van der Waals surface area contributed by atoms with Gasteiger partial charge in [-0.05, 0) is 25.7 Å². The van der Waals surface area contributed by atoms with Crippen molar-refractivity contribution in [3.05, 3.63) is 66.4 Å². The number of aryl methyl sites for hydroxylation is 1. The van der Waals surface area contributed by atoms with E-state index in [1.807, 2.05) is 6.92 Å². The number of nitrogens with zero attached hydrogens (tertiary/aromatic N) is 2. The molecule has 0 saturated heterocycles. The van der Waals surface area contributed by atoms with Gasteiger partial charge in [-0.3, -0.25) is 0 Å². The largest absolute Gasteiger partial charge is 0.609 e. The minimum absolute atomic E-state index is 0.00753. The first-order chi connectivity index (χ1) is 11.4. The maximum Gasteiger partial charge on any atom is 0.282 e. The van der Waals surface area contributed by atoms with Crippen LogP contribution in [-0.2, 0) is 14.8 Å². The van der Waals surface area contributed by atoms with Crippen LogP contribution in [-0.4, -0.2) is 21.2 Å². The molecule has 2 rings (SSSR count). The molecule has 0 aliphatic heterocycles. The van der Waals surface area contributed by atoms with Crippen molar-refractivity contribution in [2.24, 2.45) is 4.40 Å². The molecule has 126 valence electrons. The van der Waals surface area contributed by atoms with E-state index < -0.39 is 16.0 Å². The van der Waals surface area contributed by atoms with Crippen LogP contribution in [0.4, 0.5) is 0 Å². The van der Waals surface area contributed by atoms with Gasteiger partial charge in [-0.15, -0.1) is 0 Å². The summed E-state index contributed by atoms with van der Waals surface area (Å²) in [7, 11) is -3.90. The predicted octanol–water partition coefficient (Wildman–Crippen LogP) is 1.27. The molecule has 1 aromatic carbocycles. The molecule has 1 heterocycles. The molecule has 0 aliphatic carbocycles. The first-order valence-corrected chi connectivity index (χ1v) is 8.76. The van der Waals surface area contributed by atoms with Gasteiger partial charge >= 0.3 is 0 Å². The Bertz CT molecular complexity index is 842. The molecule has 0 aliphatic rings. The van der Waals surface area contributed by atoms with Gasteiger partial charge in [-0.2, -0.15) is 17.4 Å². The Morgan fingerprint density at radius 3 is 2.42 bits per heavy atom. The van der Waals surface area contributed by atoms with E-state index in [0.717, 1.165) is 11.8 Å². The molecule has 0 N–H and O–H groups in total. The van der Waals surface area contributed by atoms with Crippen molar-refractivity contribution >= 4 is 21.9 Å². The van der Waals surface area contributed by atoms with Crippen molar-refractivity contribution in [1.29, 1.82) is 0 Å². The number of rotatable bonds is 6. The number of benzene rings is 1. The van der Waals surface area contributed by atoms with E-state index in [0.29, 0.717) is 0 Å². The molecular weight excluding hydrogens is 328 g/mol. The summed E-state index contributed by atoms with van der Waals surface area (Å²) >= 11 is 0. The minimum Gasteiger partial charge on any atom is -0.609 e. The molecule has 7 heteroatoms. The number of sulfonamides is 1. The fourth-order valence-electron chi connectivity index (χ4n) is 1.88. The molecule has 1 aromatic heterocycles. The van der Waals surface area contributed by atoms with Crippen LogP contribution in [0.3, 0.4) is 0 Å². The second kappa shape index (κ2) is 7.74. The van der Waals surface area contributed by atoms with Gasteiger partial charge in [-0.25, -0.2) is 0 Å². The molecule has 0 fully saturated rings. The summed E-state index contributed by atoms with van der Waals surface area (Å²) in [6.45, 7) is 3.71. The highest BCUT2D eigenvalue weighted by molar-refractivity contribution is 7.90. The van der Waals surface area contributed by atoms with Crippen LogP contribution in [0.25, 0.3) is 5.70 Å². The first kappa shape index (κ1) is 17.7. The van der Waals surface area contributed by atoms with E-state index in [1.165, 1.54) is 16.7 Å². The van der Waals surface area contributed by atoms with Crippen LogP contribution in [0.2, 0.25) is 0 Å². The molecule has 0 unspecified atom stereocenters. The summed E-state index contributed by atoms with van der Waals surface area (Å²) in [6.07, 6.45) is 4.22. The van der Waals surface area contributed by atoms with E-state index in [-0.39, 0.29) is 17.2 Å². The van der Waals surface area contributed by atoms with Crippen LogP contribution in [0.5, 0.6) is 0 Å². The maximum absolute atomic E-state index is 12.3. The third-order valence-corrected chi connectivity index (χ3v) is 4.36.